The van der Waals surface area contributed by atoms with Crippen LogP contribution >= 0.6 is 11.8 Å². The predicted octanol–water partition coefficient (Wildman–Crippen LogP) is 0.0996. The van der Waals surface area contributed by atoms with Crippen LogP contribution in [0.15, 0.2) is 0 Å². The minimum absolute atomic E-state index is 0.199. The first-order valence-corrected chi connectivity index (χ1v) is 7.91. The molecule has 8 heteroatoms. The summed E-state index contributed by atoms with van der Waals surface area (Å²) in [5, 5.41) is 11.5. The van der Waals surface area contributed by atoms with Crippen molar-refractivity contribution in [2.75, 3.05) is 25.1 Å². The number of piperidine rings is 1. The van der Waals surface area contributed by atoms with Gasteiger partial charge in [0.25, 0.3) is 0 Å². The van der Waals surface area contributed by atoms with E-state index in [0.717, 1.165) is 0 Å². The van der Waals surface area contributed by atoms with Gasteiger partial charge in [-0.3, -0.25) is 9.59 Å². The van der Waals surface area contributed by atoms with Crippen LogP contribution in [0, 0.1) is 5.92 Å². The van der Waals surface area contributed by atoms with E-state index in [0.29, 0.717) is 31.6 Å². The number of thioether (sulfide) groups is 1. The van der Waals surface area contributed by atoms with Gasteiger partial charge in [-0.2, -0.15) is 11.8 Å². The lowest BCUT2D eigenvalue weighted by atomic mass is 9.97. The van der Waals surface area contributed by atoms with E-state index < -0.39 is 24.0 Å². The lowest BCUT2D eigenvalue weighted by Crippen LogP contribution is -2.53. The first kappa shape index (κ1) is 16.6. The number of nitrogens with one attached hydrogen (secondary N) is 1. The molecule has 2 unspecified atom stereocenters. The highest BCUT2D eigenvalue weighted by atomic mass is 32.2. The minimum atomic E-state index is -0.883. The summed E-state index contributed by atoms with van der Waals surface area (Å²) in [5.41, 5.74) is 5.09. The number of urea groups is 1. The second-order valence-electron chi connectivity index (χ2n) is 4.80. The van der Waals surface area contributed by atoms with Crippen molar-refractivity contribution in [1.29, 1.82) is 0 Å². The second-order valence-corrected chi connectivity index (χ2v) is 5.79. The van der Waals surface area contributed by atoms with E-state index in [1.807, 2.05) is 6.26 Å². The molecule has 7 nitrogen and oxygen atoms in total. The van der Waals surface area contributed by atoms with Crippen LogP contribution in [-0.4, -0.2) is 59.1 Å². The molecule has 4 N–H and O–H groups in total. The molecule has 1 aliphatic rings. The summed E-state index contributed by atoms with van der Waals surface area (Å²) in [6.45, 7) is 0.725. The summed E-state index contributed by atoms with van der Waals surface area (Å²) in [4.78, 5) is 35.9. The molecule has 1 heterocycles. The van der Waals surface area contributed by atoms with Crippen molar-refractivity contribution in [2.24, 2.45) is 11.7 Å². The van der Waals surface area contributed by atoms with Crippen molar-refractivity contribution >= 4 is 29.7 Å². The van der Waals surface area contributed by atoms with E-state index in [-0.39, 0.29) is 12.5 Å². The summed E-state index contributed by atoms with van der Waals surface area (Å²) < 4.78 is 0. The molecule has 20 heavy (non-hydrogen) atoms. The third-order valence-corrected chi connectivity index (χ3v) is 3.95. The molecule has 1 rings (SSSR count). The molecule has 0 saturated carbocycles. The maximum atomic E-state index is 12.4. The molecule has 114 valence electrons. The van der Waals surface area contributed by atoms with Crippen LogP contribution in [0.3, 0.4) is 0 Å². The molecule has 1 saturated heterocycles. The topological polar surface area (TPSA) is 113 Å². The molecule has 0 bridgehead atoms. The first-order valence-electron chi connectivity index (χ1n) is 6.52. The maximum absolute atomic E-state index is 12.4. The van der Waals surface area contributed by atoms with E-state index in [1.165, 1.54) is 4.90 Å². The number of carbonyl (C=O) groups excluding carboxylic acids is 2. The SMILES string of the molecule is CSCCC(NC(N)=O)C(=O)N1CCCC(C(=O)O)C1. The molecule has 0 aromatic carbocycles. The van der Waals surface area contributed by atoms with E-state index in [1.54, 1.807) is 11.8 Å². The van der Waals surface area contributed by atoms with Gasteiger partial charge in [0, 0.05) is 13.1 Å². The van der Waals surface area contributed by atoms with Gasteiger partial charge in [0.15, 0.2) is 0 Å². The number of rotatable bonds is 6. The average molecular weight is 303 g/mol. The van der Waals surface area contributed by atoms with Gasteiger partial charge in [-0.1, -0.05) is 0 Å². The van der Waals surface area contributed by atoms with Gasteiger partial charge in [0.05, 0.1) is 5.92 Å². The summed E-state index contributed by atoms with van der Waals surface area (Å²) in [6, 6.07) is -1.41. The van der Waals surface area contributed by atoms with Crippen LogP contribution < -0.4 is 11.1 Å². The van der Waals surface area contributed by atoms with Gasteiger partial charge < -0.3 is 21.1 Å². The van der Waals surface area contributed by atoms with Gasteiger partial charge in [-0.05, 0) is 31.3 Å². The quantitative estimate of drug-likeness (QED) is 0.644. The maximum Gasteiger partial charge on any atom is 0.312 e. The van der Waals surface area contributed by atoms with E-state index in [9.17, 15) is 14.4 Å². The molecule has 0 aliphatic carbocycles. The average Bonchev–Trinajstić information content (AvgIpc) is 2.42. The van der Waals surface area contributed by atoms with Gasteiger partial charge in [0.2, 0.25) is 5.91 Å². The highest BCUT2D eigenvalue weighted by molar-refractivity contribution is 7.98. The smallest absolute Gasteiger partial charge is 0.312 e. The Hall–Kier alpha value is -1.44. The van der Waals surface area contributed by atoms with E-state index in [4.69, 9.17) is 10.8 Å². The molecule has 0 aromatic heterocycles. The fourth-order valence-corrected chi connectivity index (χ4v) is 2.74. The number of carbonyl (C=O) groups is 3. The van der Waals surface area contributed by atoms with Gasteiger partial charge >= 0.3 is 12.0 Å². The van der Waals surface area contributed by atoms with E-state index in [2.05, 4.69) is 5.32 Å². The number of amides is 3. The molecule has 1 fully saturated rings. The van der Waals surface area contributed by atoms with E-state index >= 15 is 0 Å². The lowest BCUT2D eigenvalue weighted by Gasteiger charge is -2.33. The fraction of sp³-hybridized carbons (Fsp3) is 0.750. The number of likely N-dealkylation sites (tertiary alicyclic amines) is 1. The zero-order valence-corrected chi connectivity index (χ0v) is 12.3. The number of aliphatic carboxylic acids is 1. The molecular weight excluding hydrogens is 282 g/mol. The fourth-order valence-electron chi connectivity index (χ4n) is 2.26. The van der Waals surface area contributed by atoms with Gasteiger partial charge in [0.1, 0.15) is 6.04 Å². The van der Waals surface area contributed by atoms with Crippen LogP contribution in [0.5, 0.6) is 0 Å². The van der Waals surface area contributed by atoms with Crippen LogP contribution in [0.25, 0.3) is 0 Å². The Morgan fingerprint density at radius 1 is 1.50 bits per heavy atom. The molecule has 0 radical (unpaired) electrons. The Bertz CT molecular complexity index is 378. The van der Waals surface area contributed by atoms with Gasteiger partial charge in [-0.25, -0.2) is 4.79 Å². The number of primary amides is 1. The predicted molar refractivity (Wildman–Crippen MR) is 76.4 cm³/mol. The normalized spacial score (nSPS) is 20.2. The van der Waals surface area contributed by atoms with Crippen molar-refractivity contribution in [3.05, 3.63) is 0 Å². The van der Waals surface area contributed by atoms with Crippen molar-refractivity contribution in [2.45, 2.75) is 25.3 Å². The van der Waals surface area contributed by atoms with Crippen molar-refractivity contribution in [1.82, 2.24) is 10.2 Å². The van der Waals surface area contributed by atoms with Crippen LogP contribution in [0.4, 0.5) is 4.79 Å². The Kier molecular flexibility index (Phi) is 6.63. The zero-order valence-electron chi connectivity index (χ0n) is 11.5. The molecule has 2 atom stereocenters. The Labute approximate surface area is 122 Å². The number of carboxylic acids is 1. The number of nitrogens with two attached hydrogens (primary N) is 1. The van der Waals surface area contributed by atoms with Crippen LogP contribution in [0.2, 0.25) is 0 Å². The number of carboxylic acid groups (broad SMARTS) is 1. The highest BCUT2D eigenvalue weighted by Gasteiger charge is 2.31. The first-order chi connectivity index (χ1) is 9.45. The number of nitrogens with zero attached hydrogens (tertiary/aromatic N) is 1. The van der Waals surface area contributed by atoms with Crippen molar-refractivity contribution in [3.8, 4) is 0 Å². The van der Waals surface area contributed by atoms with Crippen LogP contribution in [-0.2, 0) is 9.59 Å². The lowest BCUT2D eigenvalue weighted by molar-refractivity contribution is -0.146. The molecular formula is C12H21N3O4S. The minimum Gasteiger partial charge on any atom is -0.481 e. The third-order valence-electron chi connectivity index (χ3n) is 3.31. The number of hydrogen-bond donors (Lipinski definition) is 3. The zero-order chi connectivity index (χ0) is 15.1. The standard InChI is InChI=1S/C12H21N3O4S/c1-20-6-4-9(14-12(13)19)10(16)15-5-2-3-8(7-15)11(17)18/h8-9H,2-7H2,1H3,(H,17,18)(H3,13,14,19). The van der Waals surface area contributed by atoms with Gasteiger partial charge in [-0.15, -0.1) is 0 Å². The molecule has 1 aliphatic heterocycles. The Balaban J connectivity index is 2.67. The molecule has 3 amide bonds. The number of hydrogen-bond acceptors (Lipinski definition) is 4. The largest absolute Gasteiger partial charge is 0.481 e. The monoisotopic (exact) mass is 303 g/mol. The summed E-state index contributed by atoms with van der Waals surface area (Å²) in [6.07, 6.45) is 3.64. The molecule has 0 spiro atoms. The summed E-state index contributed by atoms with van der Waals surface area (Å²) in [5.74, 6) is -0.940. The summed E-state index contributed by atoms with van der Waals surface area (Å²) >= 11 is 1.57. The third kappa shape index (κ3) is 4.92. The van der Waals surface area contributed by atoms with Crippen LogP contribution in [0.1, 0.15) is 19.3 Å². The Morgan fingerprint density at radius 3 is 2.75 bits per heavy atom. The molecule has 0 aromatic rings. The van der Waals surface area contributed by atoms with Crippen molar-refractivity contribution < 1.29 is 19.5 Å². The highest BCUT2D eigenvalue weighted by Crippen LogP contribution is 2.18. The second kappa shape index (κ2) is 7.98. The Morgan fingerprint density at radius 2 is 2.20 bits per heavy atom. The summed E-state index contributed by atoms with van der Waals surface area (Å²) in [7, 11) is 0. The van der Waals surface area contributed by atoms with Crippen molar-refractivity contribution in [3.63, 3.8) is 0 Å².